The van der Waals surface area contributed by atoms with Crippen LogP contribution in [0, 0.1) is 0 Å². The van der Waals surface area contributed by atoms with Gasteiger partial charge in [0.05, 0.1) is 5.56 Å². The Morgan fingerprint density at radius 3 is 2.55 bits per heavy atom. The summed E-state index contributed by atoms with van der Waals surface area (Å²) in [6.45, 7) is 4.33. The van der Waals surface area contributed by atoms with Crippen molar-refractivity contribution >= 4 is 17.6 Å². The Bertz CT molecular complexity index is 609. The van der Waals surface area contributed by atoms with Crippen LogP contribution < -0.4 is 5.73 Å². The Morgan fingerprint density at radius 1 is 1.25 bits per heavy atom. The summed E-state index contributed by atoms with van der Waals surface area (Å²) in [7, 11) is 0. The summed E-state index contributed by atoms with van der Waals surface area (Å²) < 4.78 is 0. The van der Waals surface area contributed by atoms with Crippen LogP contribution in [0.4, 0.5) is 0 Å². The molecule has 0 amide bonds. The van der Waals surface area contributed by atoms with E-state index in [0.717, 1.165) is 9.92 Å². The van der Waals surface area contributed by atoms with Gasteiger partial charge in [-0.05, 0) is 35.7 Å². The summed E-state index contributed by atoms with van der Waals surface area (Å²) in [5.74, 6) is 0.580. The van der Waals surface area contributed by atoms with E-state index in [0.29, 0.717) is 11.5 Å². The normalized spacial score (nSPS) is 11.8. The van der Waals surface area contributed by atoms with Crippen LogP contribution in [-0.2, 0) is 0 Å². The molecule has 4 nitrogen and oxygen atoms in total. The second kappa shape index (κ2) is 6.43. The van der Waals surface area contributed by atoms with Gasteiger partial charge in [0.1, 0.15) is 5.03 Å². The molecular weight excluding hydrogens is 270 g/mol. The molecule has 0 atom stereocenters. The van der Waals surface area contributed by atoms with Crippen molar-refractivity contribution in [3.05, 3.63) is 53.7 Å². The number of nitrogens with zero attached hydrogens (tertiary/aromatic N) is 2. The summed E-state index contributed by atoms with van der Waals surface area (Å²) in [5.41, 5.74) is 7.59. The predicted molar refractivity (Wildman–Crippen MR) is 81.4 cm³/mol. The van der Waals surface area contributed by atoms with Crippen LogP contribution in [0.3, 0.4) is 0 Å². The van der Waals surface area contributed by atoms with E-state index in [4.69, 9.17) is 10.9 Å². The van der Waals surface area contributed by atoms with E-state index in [1.54, 1.807) is 18.3 Å². The molecule has 0 saturated heterocycles. The van der Waals surface area contributed by atoms with Crippen LogP contribution in [0.2, 0.25) is 0 Å². The average Bonchev–Trinajstić information content (AvgIpc) is 2.47. The van der Waals surface area contributed by atoms with E-state index in [2.05, 4.69) is 48.3 Å². The summed E-state index contributed by atoms with van der Waals surface area (Å²) in [6.07, 6.45) is 1.69. The molecule has 0 aliphatic carbocycles. The molecule has 0 spiro atoms. The zero-order chi connectivity index (χ0) is 14.5. The minimum absolute atomic E-state index is 0.0689. The molecule has 0 fully saturated rings. The van der Waals surface area contributed by atoms with E-state index >= 15 is 0 Å². The highest BCUT2D eigenvalue weighted by Gasteiger charge is 2.09. The third-order valence-electron chi connectivity index (χ3n) is 2.92. The van der Waals surface area contributed by atoms with Crippen LogP contribution in [0.5, 0.6) is 0 Å². The minimum atomic E-state index is 0.0689. The standard InChI is InChI=1S/C15H17N3OS/c1-10(2)11-5-7-12(8-6-11)20-15-13(14(16)18-19)4-3-9-17-15/h3-10,19H,1-2H3,(H2,16,18). The van der Waals surface area contributed by atoms with Crippen molar-refractivity contribution in [1.82, 2.24) is 4.98 Å². The molecule has 1 heterocycles. The summed E-state index contributed by atoms with van der Waals surface area (Å²) in [4.78, 5) is 5.36. The van der Waals surface area contributed by atoms with Crippen LogP contribution >= 0.6 is 11.8 Å². The van der Waals surface area contributed by atoms with Crippen LogP contribution in [0.15, 0.2) is 57.7 Å². The molecule has 0 bridgehead atoms. The molecule has 1 aromatic carbocycles. The Labute approximate surface area is 122 Å². The van der Waals surface area contributed by atoms with Gasteiger partial charge in [-0.2, -0.15) is 0 Å². The summed E-state index contributed by atoms with van der Waals surface area (Å²) in [6, 6.07) is 11.9. The number of amidine groups is 1. The molecule has 0 aliphatic rings. The van der Waals surface area contributed by atoms with Crippen molar-refractivity contribution < 1.29 is 5.21 Å². The van der Waals surface area contributed by atoms with E-state index in [1.807, 2.05) is 0 Å². The SMILES string of the molecule is CC(C)c1ccc(Sc2ncccc2/C(N)=N/O)cc1. The van der Waals surface area contributed by atoms with Crippen molar-refractivity contribution in [3.8, 4) is 0 Å². The highest BCUT2D eigenvalue weighted by molar-refractivity contribution is 7.99. The van der Waals surface area contributed by atoms with Gasteiger partial charge in [0.15, 0.2) is 5.84 Å². The number of rotatable bonds is 4. The fraction of sp³-hybridized carbons (Fsp3) is 0.200. The van der Waals surface area contributed by atoms with E-state index in [1.165, 1.54) is 17.3 Å². The second-order valence-corrected chi connectivity index (χ2v) is 5.73. The summed E-state index contributed by atoms with van der Waals surface area (Å²) in [5, 5.41) is 12.6. The molecule has 3 N–H and O–H groups in total. The molecule has 2 aromatic rings. The van der Waals surface area contributed by atoms with E-state index in [9.17, 15) is 0 Å². The molecule has 20 heavy (non-hydrogen) atoms. The monoisotopic (exact) mass is 287 g/mol. The van der Waals surface area contributed by atoms with Crippen molar-refractivity contribution in [3.63, 3.8) is 0 Å². The van der Waals surface area contributed by atoms with E-state index < -0.39 is 0 Å². The number of oxime groups is 1. The lowest BCUT2D eigenvalue weighted by Gasteiger charge is -2.08. The Morgan fingerprint density at radius 2 is 1.95 bits per heavy atom. The van der Waals surface area contributed by atoms with E-state index in [-0.39, 0.29) is 5.84 Å². The van der Waals surface area contributed by atoms with Crippen LogP contribution in [-0.4, -0.2) is 16.0 Å². The topological polar surface area (TPSA) is 71.5 Å². The van der Waals surface area contributed by atoms with Crippen molar-refractivity contribution in [1.29, 1.82) is 0 Å². The van der Waals surface area contributed by atoms with Crippen LogP contribution in [0.1, 0.15) is 30.9 Å². The second-order valence-electron chi connectivity index (χ2n) is 4.67. The van der Waals surface area contributed by atoms with Gasteiger partial charge in [-0.15, -0.1) is 0 Å². The fourth-order valence-electron chi connectivity index (χ4n) is 1.75. The van der Waals surface area contributed by atoms with Gasteiger partial charge in [0.2, 0.25) is 0 Å². The predicted octanol–water partition coefficient (Wildman–Crippen LogP) is 3.45. The van der Waals surface area contributed by atoms with Gasteiger partial charge in [0.25, 0.3) is 0 Å². The van der Waals surface area contributed by atoms with Gasteiger partial charge in [-0.3, -0.25) is 0 Å². The lowest BCUT2D eigenvalue weighted by Crippen LogP contribution is -2.14. The number of pyridine rings is 1. The third-order valence-corrected chi connectivity index (χ3v) is 3.94. The summed E-state index contributed by atoms with van der Waals surface area (Å²) >= 11 is 1.50. The van der Waals surface area contributed by atoms with Gasteiger partial charge in [-0.25, -0.2) is 4.98 Å². The molecule has 0 unspecified atom stereocenters. The van der Waals surface area contributed by atoms with Crippen molar-refractivity contribution in [2.45, 2.75) is 29.7 Å². The number of nitrogens with two attached hydrogens (primary N) is 1. The van der Waals surface area contributed by atoms with Gasteiger partial charge < -0.3 is 10.9 Å². The first kappa shape index (κ1) is 14.4. The molecule has 1 aromatic heterocycles. The first-order chi connectivity index (χ1) is 9.61. The smallest absolute Gasteiger partial charge is 0.172 e. The minimum Gasteiger partial charge on any atom is -0.409 e. The third kappa shape index (κ3) is 3.30. The number of benzene rings is 1. The van der Waals surface area contributed by atoms with Crippen molar-refractivity contribution in [2.24, 2.45) is 10.9 Å². The maximum Gasteiger partial charge on any atom is 0.172 e. The van der Waals surface area contributed by atoms with Gasteiger partial charge >= 0.3 is 0 Å². The Hall–Kier alpha value is -2.01. The number of hydrogen-bond acceptors (Lipinski definition) is 4. The molecule has 0 saturated carbocycles. The van der Waals surface area contributed by atoms with Gasteiger partial charge in [-0.1, -0.05) is 42.9 Å². The highest BCUT2D eigenvalue weighted by Crippen LogP contribution is 2.29. The zero-order valence-corrected chi connectivity index (χ0v) is 12.3. The molecule has 104 valence electrons. The maximum absolute atomic E-state index is 8.80. The Balaban J connectivity index is 2.26. The average molecular weight is 287 g/mol. The first-order valence-corrected chi connectivity index (χ1v) is 7.14. The number of aromatic nitrogens is 1. The molecular formula is C15H17N3OS. The van der Waals surface area contributed by atoms with Gasteiger partial charge in [0, 0.05) is 11.1 Å². The highest BCUT2D eigenvalue weighted by atomic mass is 32.2. The maximum atomic E-state index is 8.80. The van der Waals surface area contributed by atoms with Crippen LogP contribution in [0.25, 0.3) is 0 Å². The molecule has 5 heteroatoms. The zero-order valence-electron chi connectivity index (χ0n) is 11.4. The quantitative estimate of drug-likeness (QED) is 0.391. The molecule has 0 radical (unpaired) electrons. The van der Waals surface area contributed by atoms with Crippen molar-refractivity contribution in [2.75, 3.05) is 0 Å². The lowest BCUT2D eigenvalue weighted by molar-refractivity contribution is 0.318. The number of hydrogen-bond donors (Lipinski definition) is 2. The Kier molecular flexibility index (Phi) is 4.63. The largest absolute Gasteiger partial charge is 0.409 e. The fourth-order valence-corrected chi connectivity index (χ4v) is 2.64. The molecule has 2 rings (SSSR count). The first-order valence-electron chi connectivity index (χ1n) is 6.32. The lowest BCUT2D eigenvalue weighted by atomic mass is 10.0. The molecule has 0 aliphatic heterocycles.